The van der Waals surface area contributed by atoms with Crippen LogP contribution in [0.15, 0.2) is 76.7 Å². The van der Waals surface area contributed by atoms with E-state index in [0.29, 0.717) is 22.8 Å². The number of nitrogens with one attached hydrogen (secondary N) is 1. The Hall–Kier alpha value is -3.45. The van der Waals surface area contributed by atoms with E-state index in [1.807, 2.05) is 30.3 Å². The number of carbonyl (C=O) groups is 1. The van der Waals surface area contributed by atoms with Gasteiger partial charge in [0.1, 0.15) is 0 Å². The lowest BCUT2D eigenvalue weighted by atomic mass is 10.1. The van der Waals surface area contributed by atoms with Crippen molar-refractivity contribution in [3.63, 3.8) is 0 Å². The van der Waals surface area contributed by atoms with Crippen molar-refractivity contribution in [1.82, 2.24) is 5.43 Å². The van der Waals surface area contributed by atoms with Crippen LogP contribution in [0.1, 0.15) is 5.56 Å². The molecule has 3 aromatic carbocycles. The second-order valence-corrected chi connectivity index (χ2v) is 7.48. The van der Waals surface area contributed by atoms with Crippen LogP contribution in [0.25, 0.3) is 11.1 Å². The summed E-state index contributed by atoms with van der Waals surface area (Å²) in [6.07, 6.45) is 1.53. The molecule has 0 heterocycles. The van der Waals surface area contributed by atoms with Gasteiger partial charge in [-0.1, -0.05) is 42.5 Å². The molecule has 0 bridgehead atoms. The first kappa shape index (κ1) is 22.2. The van der Waals surface area contributed by atoms with Crippen molar-refractivity contribution in [1.29, 1.82) is 0 Å². The molecule has 0 aromatic heterocycles. The van der Waals surface area contributed by atoms with Crippen LogP contribution in [0.5, 0.6) is 17.2 Å². The van der Waals surface area contributed by atoms with Gasteiger partial charge in [0.15, 0.2) is 11.5 Å². The van der Waals surface area contributed by atoms with Crippen LogP contribution in [-0.4, -0.2) is 39.2 Å². The monoisotopic (exact) mass is 436 g/mol. The van der Waals surface area contributed by atoms with Gasteiger partial charge in [0.25, 0.3) is 0 Å². The number of hydrogen-bond acceptors (Lipinski definition) is 6. The van der Waals surface area contributed by atoms with Crippen molar-refractivity contribution in [2.45, 2.75) is 4.90 Å². The van der Waals surface area contributed by atoms with Gasteiger partial charge in [0.2, 0.25) is 11.7 Å². The van der Waals surface area contributed by atoms with Gasteiger partial charge in [0, 0.05) is 10.5 Å². The van der Waals surface area contributed by atoms with E-state index in [2.05, 4.69) is 34.8 Å². The van der Waals surface area contributed by atoms with Gasteiger partial charge in [0.05, 0.1) is 33.3 Å². The van der Waals surface area contributed by atoms with E-state index < -0.39 is 0 Å². The normalized spacial score (nSPS) is 10.7. The molecule has 160 valence electrons. The number of nitrogens with zero attached hydrogens (tertiary/aromatic N) is 1. The van der Waals surface area contributed by atoms with E-state index in [1.54, 1.807) is 33.5 Å². The molecule has 0 aliphatic heterocycles. The Bertz CT molecular complexity index is 1010. The number of carbonyl (C=O) groups excluding carboxylic acids is 1. The Morgan fingerprint density at radius 1 is 0.903 bits per heavy atom. The summed E-state index contributed by atoms with van der Waals surface area (Å²) < 4.78 is 15.9. The third-order valence-electron chi connectivity index (χ3n) is 4.42. The number of ether oxygens (including phenoxy) is 3. The lowest BCUT2D eigenvalue weighted by Gasteiger charge is -2.12. The summed E-state index contributed by atoms with van der Waals surface area (Å²) in [6.45, 7) is 0. The van der Waals surface area contributed by atoms with Gasteiger partial charge in [-0.2, -0.15) is 5.10 Å². The number of rotatable bonds is 9. The highest BCUT2D eigenvalue weighted by Gasteiger charge is 2.12. The summed E-state index contributed by atoms with van der Waals surface area (Å²) in [5.41, 5.74) is 5.55. The quantitative estimate of drug-likeness (QED) is 0.301. The van der Waals surface area contributed by atoms with Gasteiger partial charge in [-0.05, 0) is 35.4 Å². The Kier molecular flexibility index (Phi) is 7.95. The highest BCUT2D eigenvalue weighted by atomic mass is 32.2. The predicted molar refractivity (Wildman–Crippen MR) is 124 cm³/mol. The van der Waals surface area contributed by atoms with Crippen molar-refractivity contribution < 1.29 is 19.0 Å². The molecule has 0 saturated carbocycles. The third kappa shape index (κ3) is 6.02. The van der Waals surface area contributed by atoms with Crippen LogP contribution < -0.4 is 19.6 Å². The van der Waals surface area contributed by atoms with Crippen molar-refractivity contribution >= 4 is 23.9 Å². The summed E-state index contributed by atoms with van der Waals surface area (Å²) in [5.74, 6) is 1.60. The average molecular weight is 437 g/mol. The largest absolute Gasteiger partial charge is 0.493 e. The lowest BCUT2D eigenvalue weighted by molar-refractivity contribution is -0.118. The van der Waals surface area contributed by atoms with Crippen LogP contribution in [0.3, 0.4) is 0 Å². The zero-order valence-corrected chi connectivity index (χ0v) is 18.4. The Morgan fingerprint density at radius 2 is 1.52 bits per heavy atom. The minimum atomic E-state index is -0.194. The smallest absolute Gasteiger partial charge is 0.250 e. The first-order valence-corrected chi connectivity index (χ1v) is 10.5. The van der Waals surface area contributed by atoms with Crippen molar-refractivity contribution in [3.8, 4) is 28.4 Å². The standard InChI is InChI=1S/C24H24N2O4S/c1-28-21-13-17(14-22(29-2)24(21)30-3)15-25-26-23(27)16-31-20-11-9-19(10-12-20)18-7-5-4-6-8-18/h4-15H,16H2,1-3H3,(H,26,27)/b25-15+. The molecule has 31 heavy (non-hydrogen) atoms. The maximum Gasteiger partial charge on any atom is 0.250 e. The number of amides is 1. The molecule has 1 N–H and O–H groups in total. The van der Waals surface area contributed by atoms with Crippen molar-refractivity contribution in [3.05, 3.63) is 72.3 Å². The van der Waals surface area contributed by atoms with E-state index in [0.717, 1.165) is 16.0 Å². The molecule has 3 aromatic rings. The second kappa shape index (κ2) is 11.1. The molecule has 1 amide bonds. The number of thioether (sulfide) groups is 1. The number of methoxy groups -OCH3 is 3. The van der Waals surface area contributed by atoms with Gasteiger partial charge >= 0.3 is 0 Å². The highest BCUT2D eigenvalue weighted by molar-refractivity contribution is 8.00. The number of benzene rings is 3. The molecule has 0 fully saturated rings. The first-order chi connectivity index (χ1) is 15.1. The maximum absolute atomic E-state index is 12.1. The molecule has 6 nitrogen and oxygen atoms in total. The van der Waals surface area contributed by atoms with Crippen LogP contribution in [0.4, 0.5) is 0 Å². The molecule has 0 spiro atoms. The summed E-state index contributed by atoms with van der Waals surface area (Å²) in [5, 5.41) is 4.02. The highest BCUT2D eigenvalue weighted by Crippen LogP contribution is 2.37. The lowest BCUT2D eigenvalue weighted by Crippen LogP contribution is -2.19. The molecule has 0 aliphatic rings. The van der Waals surface area contributed by atoms with E-state index in [-0.39, 0.29) is 11.7 Å². The van der Waals surface area contributed by atoms with E-state index in [4.69, 9.17) is 14.2 Å². The molecule has 0 unspecified atom stereocenters. The Balaban J connectivity index is 1.54. The van der Waals surface area contributed by atoms with Gasteiger partial charge in [-0.3, -0.25) is 4.79 Å². The van der Waals surface area contributed by atoms with Crippen LogP contribution in [0, 0.1) is 0 Å². The predicted octanol–water partition coefficient (Wildman–Crippen LogP) is 4.62. The summed E-state index contributed by atoms with van der Waals surface area (Å²) in [7, 11) is 4.63. The minimum absolute atomic E-state index is 0.194. The van der Waals surface area contributed by atoms with Crippen molar-refractivity contribution in [2.75, 3.05) is 27.1 Å². The minimum Gasteiger partial charge on any atom is -0.493 e. The van der Waals surface area contributed by atoms with E-state index in [1.165, 1.54) is 18.0 Å². The first-order valence-electron chi connectivity index (χ1n) is 9.54. The maximum atomic E-state index is 12.1. The second-order valence-electron chi connectivity index (χ2n) is 6.43. The molecule has 0 atom stereocenters. The third-order valence-corrected chi connectivity index (χ3v) is 5.43. The summed E-state index contributed by atoms with van der Waals surface area (Å²) >= 11 is 1.45. The number of hydrogen-bond donors (Lipinski definition) is 1. The fraction of sp³-hybridized carbons (Fsp3) is 0.167. The van der Waals surface area contributed by atoms with E-state index in [9.17, 15) is 4.79 Å². The SMILES string of the molecule is COc1cc(/C=N/NC(=O)CSc2ccc(-c3ccccc3)cc2)cc(OC)c1OC. The van der Waals surface area contributed by atoms with Crippen LogP contribution >= 0.6 is 11.8 Å². The van der Waals surface area contributed by atoms with Gasteiger partial charge in [-0.25, -0.2) is 5.43 Å². The molecule has 3 rings (SSSR count). The Morgan fingerprint density at radius 3 is 2.10 bits per heavy atom. The summed E-state index contributed by atoms with van der Waals surface area (Å²) in [4.78, 5) is 13.1. The molecule has 0 radical (unpaired) electrons. The Labute approximate surface area is 186 Å². The molecule has 0 aliphatic carbocycles. The van der Waals surface area contributed by atoms with Crippen LogP contribution in [0.2, 0.25) is 0 Å². The molecular weight excluding hydrogens is 412 g/mol. The van der Waals surface area contributed by atoms with Gasteiger partial charge in [-0.15, -0.1) is 11.8 Å². The van der Waals surface area contributed by atoms with E-state index >= 15 is 0 Å². The average Bonchev–Trinajstić information content (AvgIpc) is 2.83. The topological polar surface area (TPSA) is 69.2 Å². The molecule has 7 heteroatoms. The zero-order chi connectivity index (χ0) is 22.1. The zero-order valence-electron chi connectivity index (χ0n) is 17.6. The fourth-order valence-corrected chi connectivity index (χ4v) is 3.60. The summed E-state index contributed by atoms with van der Waals surface area (Å²) in [6, 6.07) is 21.8. The molecular formula is C24H24N2O4S. The number of hydrazone groups is 1. The van der Waals surface area contributed by atoms with Crippen molar-refractivity contribution in [2.24, 2.45) is 5.10 Å². The molecule has 0 saturated heterocycles. The fourth-order valence-electron chi connectivity index (χ4n) is 2.91. The van der Waals surface area contributed by atoms with Gasteiger partial charge < -0.3 is 14.2 Å². The van der Waals surface area contributed by atoms with Crippen LogP contribution in [-0.2, 0) is 4.79 Å².